The van der Waals surface area contributed by atoms with Gasteiger partial charge in [-0.2, -0.15) is 0 Å². The molecule has 0 aliphatic carbocycles. The lowest BCUT2D eigenvalue weighted by molar-refractivity contribution is 0.0600. The summed E-state index contributed by atoms with van der Waals surface area (Å²) in [6.07, 6.45) is 0. The van der Waals surface area contributed by atoms with Crippen molar-refractivity contribution in [3.63, 3.8) is 0 Å². The summed E-state index contributed by atoms with van der Waals surface area (Å²) >= 11 is 0. The van der Waals surface area contributed by atoms with E-state index in [0.717, 1.165) is 0 Å². The van der Waals surface area contributed by atoms with Gasteiger partial charge < -0.3 is 14.2 Å². The molecule has 0 bridgehead atoms. The van der Waals surface area contributed by atoms with Gasteiger partial charge in [-0.25, -0.2) is 17.9 Å². The second-order valence-corrected chi connectivity index (χ2v) is 7.18. The smallest absolute Gasteiger partial charge is 0.337 e. The van der Waals surface area contributed by atoms with Crippen molar-refractivity contribution < 1.29 is 27.4 Å². The van der Waals surface area contributed by atoms with E-state index >= 15 is 0 Å². The minimum absolute atomic E-state index is 0.0332. The van der Waals surface area contributed by atoms with E-state index in [1.165, 1.54) is 45.6 Å². The number of hydrogen-bond donors (Lipinski definition) is 1. The molecule has 2 aromatic rings. The third-order valence-electron chi connectivity index (χ3n) is 3.80. The Labute approximate surface area is 152 Å². The highest BCUT2D eigenvalue weighted by molar-refractivity contribution is 7.89. The molecule has 0 heterocycles. The lowest BCUT2D eigenvalue weighted by Gasteiger charge is -2.18. The molecule has 0 aromatic heterocycles. The van der Waals surface area contributed by atoms with Gasteiger partial charge in [0, 0.05) is 11.6 Å². The van der Waals surface area contributed by atoms with Gasteiger partial charge >= 0.3 is 5.97 Å². The molecule has 140 valence electrons. The van der Waals surface area contributed by atoms with Crippen molar-refractivity contribution in [2.45, 2.75) is 17.9 Å². The molecule has 0 spiro atoms. The van der Waals surface area contributed by atoms with E-state index in [0.29, 0.717) is 17.1 Å². The van der Waals surface area contributed by atoms with Gasteiger partial charge in [0.15, 0.2) is 0 Å². The van der Waals surface area contributed by atoms with Gasteiger partial charge in [0.1, 0.15) is 11.5 Å². The average Bonchev–Trinajstić information content (AvgIpc) is 2.66. The summed E-state index contributed by atoms with van der Waals surface area (Å²) in [5.41, 5.74) is 0.779. The molecule has 1 N–H and O–H groups in total. The number of carbonyl (C=O) groups is 1. The van der Waals surface area contributed by atoms with Crippen LogP contribution in [0.4, 0.5) is 0 Å². The molecule has 0 aliphatic rings. The summed E-state index contributed by atoms with van der Waals surface area (Å²) in [7, 11) is 0.397. The molecule has 0 saturated carbocycles. The van der Waals surface area contributed by atoms with Crippen LogP contribution < -0.4 is 14.2 Å². The fraction of sp³-hybridized carbons (Fsp3) is 0.278. The number of esters is 1. The third kappa shape index (κ3) is 4.33. The molecule has 0 aliphatic heterocycles. The average molecular weight is 379 g/mol. The van der Waals surface area contributed by atoms with Crippen molar-refractivity contribution in [3.8, 4) is 11.5 Å². The zero-order valence-corrected chi connectivity index (χ0v) is 15.8. The van der Waals surface area contributed by atoms with Gasteiger partial charge in [-0.15, -0.1) is 0 Å². The van der Waals surface area contributed by atoms with E-state index < -0.39 is 22.0 Å². The van der Waals surface area contributed by atoms with Crippen molar-refractivity contribution in [1.29, 1.82) is 0 Å². The normalized spacial score (nSPS) is 12.3. The van der Waals surface area contributed by atoms with Crippen LogP contribution in [0.2, 0.25) is 0 Å². The fourth-order valence-corrected chi connectivity index (χ4v) is 3.72. The summed E-state index contributed by atoms with van der Waals surface area (Å²) in [5, 5.41) is 0. The maximum atomic E-state index is 12.7. The maximum absolute atomic E-state index is 12.7. The highest BCUT2D eigenvalue weighted by atomic mass is 32.2. The van der Waals surface area contributed by atoms with E-state index in [2.05, 4.69) is 9.46 Å². The number of benzene rings is 2. The quantitative estimate of drug-likeness (QED) is 0.744. The summed E-state index contributed by atoms with van der Waals surface area (Å²) < 4.78 is 43.1. The van der Waals surface area contributed by atoms with Crippen LogP contribution in [0.3, 0.4) is 0 Å². The topological polar surface area (TPSA) is 90.9 Å². The Morgan fingerprint density at radius 3 is 2.38 bits per heavy atom. The van der Waals surface area contributed by atoms with Gasteiger partial charge in [0.25, 0.3) is 0 Å². The molecule has 2 rings (SSSR count). The van der Waals surface area contributed by atoms with Gasteiger partial charge in [0.2, 0.25) is 10.0 Å². The van der Waals surface area contributed by atoms with Crippen LogP contribution in [0.5, 0.6) is 11.5 Å². The first-order valence-electron chi connectivity index (χ1n) is 7.75. The fourth-order valence-electron chi connectivity index (χ4n) is 2.45. The van der Waals surface area contributed by atoms with Crippen LogP contribution in [0, 0.1) is 0 Å². The molecule has 0 unspecified atom stereocenters. The summed E-state index contributed by atoms with van der Waals surface area (Å²) in [6, 6.07) is 10.2. The molecule has 7 nitrogen and oxygen atoms in total. The second kappa shape index (κ2) is 8.20. The molecular formula is C18H21NO6S. The van der Waals surface area contributed by atoms with Crippen molar-refractivity contribution >= 4 is 16.0 Å². The van der Waals surface area contributed by atoms with Crippen molar-refractivity contribution in [1.82, 2.24) is 4.72 Å². The first kappa shape index (κ1) is 19.7. The van der Waals surface area contributed by atoms with Crippen molar-refractivity contribution in [2.75, 3.05) is 21.3 Å². The molecule has 1 atom stereocenters. The van der Waals surface area contributed by atoms with E-state index in [1.54, 1.807) is 25.1 Å². The van der Waals surface area contributed by atoms with Gasteiger partial charge in [0.05, 0.1) is 31.8 Å². The van der Waals surface area contributed by atoms with Gasteiger partial charge in [-0.05, 0) is 43.3 Å². The lowest BCUT2D eigenvalue weighted by Crippen LogP contribution is -2.27. The molecular weight excluding hydrogens is 358 g/mol. The Kier molecular flexibility index (Phi) is 6.23. The number of hydrogen-bond acceptors (Lipinski definition) is 6. The lowest BCUT2D eigenvalue weighted by atomic mass is 10.1. The summed E-state index contributed by atoms with van der Waals surface area (Å²) in [6.45, 7) is 1.69. The zero-order valence-electron chi connectivity index (χ0n) is 15.0. The SMILES string of the molecule is COC(=O)c1cccc(S(=O)(=O)N[C@H](C)c2cc(OC)ccc2OC)c1. The maximum Gasteiger partial charge on any atom is 0.337 e. The monoisotopic (exact) mass is 379 g/mol. The Bertz CT molecular complexity index is 894. The number of carbonyl (C=O) groups excluding carboxylic acids is 1. The molecule has 0 saturated heterocycles. The van der Waals surface area contributed by atoms with Crippen LogP contribution in [-0.4, -0.2) is 35.7 Å². The highest BCUT2D eigenvalue weighted by Crippen LogP contribution is 2.30. The van der Waals surface area contributed by atoms with E-state index in [9.17, 15) is 13.2 Å². The van der Waals surface area contributed by atoms with Gasteiger partial charge in [-0.1, -0.05) is 6.07 Å². The number of ether oxygens (including phenoxy) is 3. The Hall–Kier alpha value is -2.58. The number of sulfonamides is 1. The molecule has 0 amide bonds. The predicted molar refractivity (Wildman–Crippen MR) is 96.1 cm³/mol. The second-order valence-electron chi connectivity index (χ2n) is 5.47. The minimum atomic E-state index is -3.87. The molecule has 0 radical (unpaired) electrons. The molecule has 2 aromatic carbocycles. The standard InChI is InChI=1S/C18H21NO6S/c1-12(16-11-14(23-2)8-9-17(16)24-3)19-26(21,22)15-7-5-6-13(10-15)18(20)25-4/h5-12,19H,1-4H3/t12-/m1/s1. The van der Waals surface area contributed by atoms with Crippen LogP contribution in [-0.2, 0) is 14.8 Å². The van der Waals surface area contributed by atoms with Crippen LogP contribution in [0.15, 0.2) is 47.4 Å². The zero-order chi connectivity index (χ0) is 19.3. The molecule has 26 heavy (non-hydrogen) atoms. The van der Waals surface area contributed by atoms with E-state index in [4.69, 9.17) is 9.47 Å². The largest absolute Gasteiger partial charge is 0.497 e. The Balaban J connectivity index is 2.33. The predicted octanol–water partition coefficient (Wildman–Crippen LogP) is 2.53. The van der Waals surface area contributed by atoms with E-state index in [1.807, 2.05) is 0 Å². The molecule has 0 fully saturated rings. The third-order valence-corrected chi connectivity index (χ3v) is 5.34. The highest BCUT2D eigenvalue weighted by Gasteiger charge is 2.22. The summed E-state index contributed by atoms with van der Waals surface area (Å²) in [5.74, 6) is 0.508. The number of methoxy groups -OCH3 is 3. The first-order chi connectivity index (χ1) is 12.3. The molecule has 8 heteroatoms. The van der Waals surface area contributed by atoms with Crippen molar-refractivity contribution in [2.24, 2.45) is 0 Å². The Morgan fingerprint density at radius 1 is 1.04 bits per heavy atom. The van der Waals surface area contributed by atoms with Gasteiger partial charge in [-0.3, -0.25) is 0 Å². The van der Waals surface area contributed by atoms with E-state index in [-0.39, 0.29) is 10.5 Å². The van der Waals surface area contributed by atoms with Crippen LogP contribution in [0.25, 0.3) is 0 Å². The van der Waals surface area contributed by atoms with Crippen LogP contribution >= 0.6 is 0 Å². The van der Waals surface area contributed by atoms with Crippen LogP contribution in [0.1, 0.15) is 28.9 Å². The Morgan fingerprint density at radius 2 is 1.77 bits per heavy atom. The first-order valence-corrected chi connectivity index (χ1v) is 9.23. The number of nitrogens with one attached hydrogen (secondary N) is 1. The summed E-state index contributed by atoms with van der Waals surface area (Å²) in [4.78, 5) is 11.6. The minimum Gasteiger partial charge on any atom is -0.497 e. The number of rotatable bonds is 7. The van der Waals surface area contributed by atoms with Crippen molar-refractivity contribution in [3.05, 3.63) is 53.6 Å².